The number of fused-ring (bicyclic) bond motifs is 1. The van der Waals surface area contributed by atoms with Crippen molar-refractivity contribution in [3.63, 3.8) is 0 Å². The summed E-state index contributed by atoms with van der Waals surface area (Å²) < 4.78 is 0. The van der Waals surface area contributed by atoms with Crippen molar-refractivity contribution < 1.29 is 14.7 Å². The van der Waals surface area contributed by atoms with Crippen LogP contribution in [0.5, 0.6) is 0 Å². The third-order valence-corrected chi connectivity index (χ3v) is 7.72. The van der Waals surface area contributed by atoms with Crippen LogP contribution in [0.1, 0.15) is 60.0 Å². The van der Waals surface area contributed by atoms with E-state index in [-0.39, 0.29) is 18.0 Å². The molecule has 3 aliphatic rings. The van der Waals surface area contributed by atoms with Crippen LogP contribution in [0.2, 0.25) is 0 Å². The van der Waals surface area contributed by atoms with E-state index in [4.69, 9.17) is 10.1 Å². The van der Waals surface area contributed by atoms with E-state index in [9.17, 15) is 9.59 Å². The van der Waals surface area contributed by atoms with Gasteiger partial charge in [-0.05, 0) is 44.9 Å². The number of aliphatic carboxylic acids is 1. The van der Waals surface area contributed by atoms with Crippen molar-refractivity contribution in [2.24, 2.45) is 5.92 Å². The number of nitrogens with one attached hydrogen (secondary N) is 2. The zero-order valence-corrected chi connectivity index (χ0v) is 17.1. The molecule has 8 heteroatoms. The van der Waals surface area contributed by atoms with Crippen molar-refractivity contribution in [1.82, 2.24) is 20.5 Å². The normalized spacial score (nSPS) is 26.4. The molecule has 1 saturated carbocycles. The number of likely N-dealkylation sites (tertiary alicyclic amines) is 1. The first-order chi connectivity index (χ1) is 13.6. The van der Waals surface area contributed by atoms with Gasteiger partial charge >= 0.3 is 12.0 Å². The number of carbonyl (C=O) groups excluding carboxylic acids is 1. The lowest BCUT2D eigenvalue weighted by Crippen LogP contribution is -2.48. The molecule has 2 amide bonds. The Balaban J connectivity index is 1.25. The average molecular weight is 407 g/mol. The second kappa shape index (κ2) is 8.78. The number of aromatic nitrogens is 1. The molecule has 154 valence electrons. The molecule has 1 saturated heterocycles. The van der Waals surface area contributed by atoms with Crippen molar-refractivity contribution in [2.75, 3.05) is 26.2 Å². The van der Waals surface area contributed by atoms with E-state index >= 15 is 0 Å². The van der Waals surface area contributed by atoms with E-state index in [0.717, 1.165) is 64.7 Å². The second-order valence-electron chi connectivity index (χ2n) is 8.27. The predicted molar refractivity (Wildman–Crippen MR) is 108 cm³/mol. The molecule has 1 aromatic rings. The first-order valence-corrected chi connectivity index (χ1v) is 11.4. The number of carbonyl (C=O) groups is 2. The summed E-state index contributed by atoms with van der Waals surface area (Å²) in [4.78, 5) is 31.9. The molecule has 1 aromatic heterocycles. The maximum atomic E-state index is 12.6. The Labute approximate surface area is 169 Å². The van der Waals surface area contributed by atoms with Crippen LogP contribution in [0.25, 0.3) is 0 Å². The van der Waals surface area contributed by atoms with Gasteiger partial charge in [0.05, 0.1) is 16.6 Å². The molecule has 4 rings (SSSR count). The molecule has 7 nitrogen and oxygen atoms in total. The standard InChI is InChI=1S/C20H30N4O3S/c25-19(26)14-1-3-15(4-2-14)22-20(27)24-11-7-13(8-12-24)18-23-16-5-9-21-10-6-17(16)28-18/h13-15,21H,1-12H2,(H,22,27)(H,25,26)/t14-,15-. The van der Waals surface area contributed by atoms with Crippen LogP contribution >= 0.6 is 11.3 Å². The van der Waals surface area contributed by atoms with Gasteiger partial charge in [0.25, 0.3) is 0 Å². The van der Waals surface area contributed by atoms with Crippen LogP contribution < -0.4 is 10.6 Å². The summed E-state index contributed by atoms with van der Waals surface area (Å²) in [5.41, 5.74) is 1.28. The third-order valence-electron chi connectivity index (χ3n) is 6.40. The lowest BCUT2D eigenvalue weighted by molar-refractivity contribution is -0.142. The summed E-state index contributed by atoms with van der Waals surface area (Å²) in [6, 6.07) is 0.127. The Morgan fingerprint density at radius 3 is 2.50 bits per heavy atom. The van der Waals surface area contributed by atoms with Gasteiger partial charge in [-0.3, -0.25) is 4.79 Å². The molecule has 28 heavy (non-hydrogen) atoms. The smallest absolute Gasteiger partial charge is 0.317 e. The number of rotatable bonds is 3. The van der Waals surface area contributed by atoms with Crippen LogP contribution in [0.4, 0.5) is 4.79 Å². The number of carboxylic acid groups (broad SMARTS) is 1. The summed E-state index contributed by atoms with van der Waals surface area (Å²) in [6.45, 7) is 3.60. The van der Waals surface area contributed by atoms with Gasteiger partial charge in [0.15, 0.2) is 0 Å². The number of hydrogen-bond donors (Lipinski definition) is 3. The highest BCUT2D eigenvalue weighted by molar-refractivity contribution is 7.11. The fourth-order valence-electron chi connectivity index (χ4n) is 4.58. The van der Waals surface area contributed by atoms with E-state index in [1.807, 2.05) is 16.2 Å². The fraction of sp³-hybridized carbons (Fsp3) is 0.750. The highest BCUT2D eigenvalue weighted by Crippen LogP contribution is 2.33. The molecule has 1 aliphatic carbocycles. The molecular formula is C20H30N4O3S. The van der Waals surface area contributed by atoms with Gasteiger partial charge in [-0.2, -0.15) is 0 Å². The van der Waals surface area contributed by atoms with E-state index in [0.29, 0.717) is 18.8 Å². The van der Waals surface area contributed by atoms with Gasteiger partial charge in [-0.1, -0.05) is 0 Å². The largest absolute Gasteiger partial charge is 0.481 e. The summed E-state index contributed by atoms with van der Waals surface area (Å²) in [7, 11) is 0. The minimum absolute atomic E-state index is 0.0122. The third kappa shape index (κ3) is 4.49. The monoisotopic (exact) mass is 406 g/mol. The van der Waals surface area contributed by atoms with Crippen LogP contribution in [0.15, 0.2) is 0 Å². The summed E-state index contributed by atoms with van der Waals surface area (Å²) >= 11 is 1.88. The summed E-state index contributed by atoms with van der Waals surface area (Å²) in [5, 5.41) is 16.9. The Hall–Kier alpha value is -1.67. The molecule has 0 radical (unpaired) electrons. The molecule has 0 atom stereocenters. The maximum Gasteiger partial charge on any atom is 0.317 e. The quantitative estimate of drug-likeness (QED) is 0.716. The molecule has 0 aromatic carbocycles. The maximum absolute atomic E-state index is 12.6. The number of urea groups is 1. The van der Waals surface area contributed by atoms with Crippen molar-refractivity contribution >= 4 is 23.3 Å². The number of hydrogen-bond acceptors (Lipinski definition) is 5. The molecular weight excluding hydrogens is 376 g/mol. The lowest BCUT2D eigenvalue weighted by Gasteiger charge is -2.34. The Bertz CT molecular complexity index is 683. The molecule has 0 unspecified atom stereocenters. The SMILES string of the molecule is O=C(N[C@H]1CC[C@H](C(=O)O)CC1)N1CCC(c2nc3c(s2)CCNCC3)CC1. The van der Waals surface area contributed by atoms with Crippen LogP contribution in [0, 0.1) is 5.92 Å². The van der Waals surface area contributed by atoms with Crippen LogP contribution in [0.3, 0.4) is 0 Å². The Morgan fingerprint density at radius 1 is 1.07 bits per heavy atom. The molecule has 2 fully saturated rings. The molecule has 3 N–H and O–H groups in total. The van der Waals surface area contributed by atoms with E-state index in [1.165, 1.54) is 15.6 Å². The van der Waals surface area contributed by atoms with Crippen molar-refractivity contribution in [2.45, 2.75) is 63.3 Å². The van der Waals surface area contributed by atoms with Gasteiger partial charge in [0.1, 0.15) is 0 Å². The van der Waals surface area contributed by atoms with Crippen molar-refractivity contribution in [3.05, 3.63) is 15.6 Å². The predicted octanol–water partition coefficient (Wildman–Crippen LogP) is 2.36. The topological polar surface area (TPSA) is 94.6 Å². The summed E-state index contributed by atoms with van der Waals surface area (Å²) in [6.07, 6.45) is 6.90. The van der Waals surface area contributed by atoms with E-state index in [1.54, 1.807) is 0 Å². The molecule has 0 spiro atoms. The highest BCUT2D eigenvalue weighted by atomic mass is 32.1. The minimum Gasteiger partial charge on any atom is -0.481 e. The lowest BCUT2D eigenvalue weighted by atomic mass is 9.86. The number of thiazole rings is 1. The van der Waals surface area contributed by atoms with Crippen LogP contribution in [-0.2, 0) is 17.6 Å². The van der Waals surface area contributed by atoms with Gasteiger partial charge in [0, 0.05) is 49.4 Å². The number of nitrogens with zero attached hydrogens (tertiary/aromatic N) is 2. The first kappa shape index (κ1) is 19.6. The Kier molecular flexibility index (Phi) is 6.16. The zero-order chi connectivity index (χ0) is 19.5. The summed E-state index contributed by atoms with van der Waals surface area (Å²) in [5.74, 6) is -0.476. The molecule has 3 heterocycles. The first-order valence-electron chi connectivity index (χ1n) is 10.6. The van der Waals surface area contributed by atoms with Gasteiger partial charge in [-0.15, -0.1) is 11.3 Å². The van der Waals surface area contributed by atoms with Crippen molar-refractivity contribution in [1.29, 1.82) is 0 Å². The Morgan fingerprint density at radius 2 is 1.79 bits per heavy atom. The van der Waals surface area contributed by atoms with Crippen LogP contribution in [-0.4, -0.2) is 59.2 Å². The zero-order valence-electron chi connectivity index (χ0n) is 16.3. The van der Waals surface area contributed by atoms with E-state index in [2.05, 4.69) is 10.6 Å². The van der Waals surface area contributed by atoms with Gasteiger partial charge in [0.2, 0.25) is 0 Å². The van der Waals surface area contributed by atoms with Crippen molar-refractivity contribution in [3.8, 4) is 0 Å². The fourth-order valence-corrected chi connectivity index (χ4v) is 5.86. The number of carboxylic acids is 1. The second-order valence-corrected chi connectivity index (χ2v) is 9.38. The van der Waals surface area contributed by atoms with Gasteiger partial charge < -0.3 is 20.6 Å². The average Bonchev–Trinajstić information content (AvgIpc) is 2.99. The van der Waals surface area contributed by atoms with E-state index < -0.39 is 5.97 Å². The molecule has 2 aliphatic heterocycles. The number of amides is 2. The molecule has 0 bridgehead atoms. The highest BCUT2D eigenvalue weighted by Gasteiger charge is 2.30. The minimum atomic E-state index is -0.706. The number of piperidine rings is 1. The van der Waals surface area contributed by atoms with Gasteiger partial charge in [-0.25, -0.2) is 9.78 Å².